The van der Waals surface area contributed by atoms with Crippen molar-refractivity contribution in [2.24, 2.45) is 5.92 Å². The molecule has 5 rings (SSSR count). The third kappa shape index (κ3) is 4.05. The standard InChI is InChI=1S/C27H31N3O5/c1-16-11-12-20-21(29(16)27(34)35-2)13-14-22-23(20)28-25(24(31)17-7-4-3-5-8-17)30(22)19-10-6-9-18(15-19)26(32)33/h3-5,7-8,13-14,16,18-19,24,31H,6,9-12,15H2,1-2H3,(H,32,33)/t16-,18+,19-,24-/m0/s1. The maximum Gasteiger partial charge on any atom is 0.414 e. The number of amides is 1. The quantitative estimate of drug-likeness (QED) is 0.557. The van der Waals surface area contributed by atoms with E-state index in [4.69, 9.17) is 9.72 Å². The van der Waals surface area contributed by atoms with E-state index in [0.717, 1.165) is 53.5 Å². The molecule has 2 aromatic carbocycles. The lowest BCUT2D eigenvalue weighted by Crippen LogP contribution is -2.42. The van der Waals surface area contributed by atoms with Gasteiger partial charge in [-0.1, -0.05) is 36.8 Å². The molecule has 1 amide bonds. The molecule has 8 heteroatoms. The lowest BCUT2D eigenvalue weighted by atomic mass is 9.85. The summed E-state index contributed by atoms with van der Waals surface area (Å²) in [6.45, 7) is 2.00. The van der Waals surface area contributed by atoms with Gasteiger partial charge in [0.25, 0.3) is 0 Å². The highest BCUT2D eigenvalue weighted by molar-refractivity contribution is 5.95. The molecular weight excluding hydrogens is 446 g/mol. The van der Waals surface area contributed by atoms with E-state index in [1.54, 1.807) is 4.90 Å². The molecule has 184 valence electrons. The number of benzene rings is 2. The van der Waals surface area contributed by atoms with Gasteiger partial charge in [0.15, 0.2) is 0 Å². The Morgan fingerprint density at radius 2 is 1.89 bits per heavy atom. The van der Waals surface area contributed by atoms with Crippen LogP contribution in [0, 0.1) is 5.92 Å². The van der Waals surface area contributed by atoms with Crippen LogP contribution in [0.4, 0.5) is 10.5 Å². The lowest BCUT2D eigenvalue weighted by Gasteiger charge is -2.34. The van der Waals surface area contributed by atoms with Gasteiger partial charge in [0.1, 0.15) is 11.9 Å². The average Bonchev–Trinajstić information content (AvgIpc) is 3.28. The van der Waals surface area contributed by atoms with Crippen molar-refractivity contribution in [3.8, 4) is 0 Å². The third-order valence-corrected chi connectivity index (χ3v) is 7.57. The minimum atomic E-state index is -0.955. The lowest BCUT2D eigenvalue weighted by molar-refractivity contribution is -0.143. The van der Waals surface area contributed by atoms with Crippen LogP contribution in [-0.2, 0) is 16.0 Å². The van der Waals surface area contributed by atoms with Crippen LogP contribution < -0.4 is 4.90 Å². The van der Waals surface area contributed by atoms with Gasteiger partial charge in [-0.15, -0.1) is 0 Å². The minimum Gasteiger partial charge on any atom is -0.481 e. The maximum atomic E-state index is 12.6. The van der Waals surface area contributed by atoms with Crippen LogP contribution in [0.2, 0.25) is 0 Å². The molecular formula is C27H31N3O5. The number of nitrogens with zero attached hydrogens (tertiary/aromatic N) is 3. The number of carbonyl (C=O) groups excluding carboxylic acids is 1. The molecule has 8 nitrogen and oxygen atoms in total. The minimum absolute atomic E-state index is 0.00136. The van der Waals surface area contributed by atoms with E-state index in [0.29, 0.717) is 18.7 Å². The number of rotatable bonds is 4. The van der Waals surface area contributed by atoms with Crippen molar-refractivity contribution >= 4 is 28.8 Å². The number of hydrogen-bond acceptors (Lipinski definition) is 5. The first-order valence-corrected chi connectivity index (χ1v) is 12.3. The maximum absolute atomic E-state index is 12.6. The zero-order valence-electron chi connectivity index (χ0n) is 20.1. The monoisotopic (exact) mass is 477 g/mol. The summed E-state index contributed by atoms with van der Waals surface area (Å²) in [7, 11) is 1.38. The average molecular weight is 478 g/mol. The smallest absolute Gasteiger partial charge is 0.414 e. The second-order valence-corrected chi connectivity index (χ2v) is 9.67. The van der Waals surface area contributed by atoms with Crippen molar-refractivity contribution in [1.29, 1.82) is 0 Å². The largest absolute Gasteiger partial charge is 0.481 e. The molecule has 2 N–H and O–H groups in total. The summed E-state index contributed by atoms with van der Waals surface area (Å²) in [5.74, 6) is -0.676. The van der Waals surface area contributed by atoms with Crippen LogP contribution in [0.3, 0.4) is 0 Å². The van der Waals surface area contributed by atoms with Gasteiger partial charge in [-0.05, 0) is 56.7 Å². The molecule has 4 atom stereocenters. The summed E-state index contributed by atoms with van der Waals surface area (Å²) in [5, 5.41) is 21.1. The zero-order valence-corrected chi connectivity index (χ0v) is 20.1. The van der Waals surface area contributed by atoms with E-state index >= 15 is 0 Å². The normalized spacial score (nSPS) is 23.1. The number of imidazole rings is 1. The summed E-state index contributed by atoms with van der Waals surface area (Å²) in [6.07, 6.45) is 2.96. The summed E-state index contributed by atoms with van der Waals surface area (Å²) in [4.78, 5) is 31.0. The number of methoxy groups -OCH3 is 1. The van der Waals surface area contributed by atoms with E-state index in [9.17, 15) is 19.8 Å². The highest BCUT2D eigenvalue weighted by Gasteiger charge is 2.35. The molecule has 1 aliphatic heterocycles. The van der Waals surface area contributed by atoms with E-state index in [-0.39, 0.29) is 12.1 Å². The summed E-state index contributed by atoms with van der Waals surface area (Å²) in [5.41, 5.74) is 4.08. The molecule has 1 saturated carbocycles. The van der Waals surface area contributed by atoms with Crippen LogP contribution in [0.25, 0.3) is 11.0 Å². The zero-order chi connectivity index (χ0) is 24.7. The molecule has 0 bridgehead atoms. The Bertz CT molecular complexity index is 1250. The molecule has 1 fully saturated rings. The van der Waals surface area contributed by atoms with Gasteiger partial charge >= 0.3 is 12.1 Å². The fourth-order valence-corrected chi connectivity index (χ4v) is 5.78. The number of aliphatic hydroxyl groups excluding tert-OH is 1. The molecule has 35 heavy (non-hydrogen) atoms. The molecule has 0 unspecified atom stereocenters. The Morgan fingerprint density at radius 1 is 1.11 bits per heavy atom. The van der Waals surface area contributed by atoms with E-state index in [2.05, 4.69) is 4.57 Å². The van der Waals surface area contributed by atoms with E-state index in [1.165, 1.54) is 7.11 Å². The van der Waals surface area contributed by atoms with Gasteiger partial charge in [0.05, 0.1) is 29.7 Å². The predicted molar refractivity (Wildman–Crippen MR) is 132 cm³/mol. The number of aryl methyl sites for hydroxylation is 1. The second-order valence-electron chi connectivity index (χ2n) is 9.67. The number of ether oxygens (including phenoxy) is 1. The van der Waals surface area contributed by atoms with Crippen molar-refractivity contribution in [3.05, 3.63) is 59.4 Å². The van der Waals surface area contributed by atoms with E-state index < -0.39 is 24.1 Å². The fraction of sp³-hybridized carbons (Fsp3) is 0.444. The van der Waals surface area contributed by atoms with Crippen LogP contribution in [0.5, 0.6) is 0 Å². The molecule has 2 heterocycles. The molecule has 0 radical (unpaired) electrons. The third-order valence-electron chi connectivity index (χ3n) is 7.57. The van der Waals surface area contributed by atoms with E-state index in [1.807, 2.05) is 49.4 Å². The van der Waals surface area contributed by atoms with Gasteiger partial charge in [0.2, 0.25) is 0 Å². The Labute approximate surface area is 204 Å². The molecule has 2 aliphatic rings. The van der Waals surface area contributed by atoms with Crippen LogP contribution in [0.15, 0.2) is 42.5 Å². The topological polar surface area (TPSA) is 105 Å². The fourth-order valence-electron chi connectivity index (χ4n) is 5.78. The number of carbonyl (C=O) groups is 2. The summed E-state index contributed by atoms with van der Waals surface area (Å²) in [6, 6.07) is 13.2. The Hall–Kier alpha value is -3.39. The van der Waals surface area contributed by atoms with Gasteiger partial charge < -0.3 is 19.5 Å². The molecule has 1 aliphatic carbocycles. The van der Waals surface area contributed by atoms with Gasteiger partial charge in [-0.3, -0.25) is 9.69 Å². The van der Waals surface area contributed by atoms with Crippen molar-refractivity contribution in [2.45, 2.75) is 63.6 Å². The summed E-state index contributed by atoms with van der Waals surface area (Å²) < 4.78 is 7.11. The Morgan fingerprint density at radius 3 is 2.60 bits per heavy atom. The number of carboxylic acids is 1. The number of aliphatic hydroxyl groups is 1. The van der Waals surface area contributed by atoms with Gasteiger partial charge in [-0.25, -0.2) is 9.78 Å². The first-order chi connectivity index (χ1) is 16.9. The van der Waals surface area contributed by atoms with Crippen LogP contribution in [-0.4, -0.2) is 45.0 Å². The van der Waals surface area contributed by atoms with Crippen molar-refractivity contribution in [3.63, 3.8) is 0 Å². The molecule has 1 aromatic heterocycles. The van der Waals surface area contributed by atoms with Gasteiger partial charge in [0, 0.05) is 17.6 Å². The highest BCUT2D eigenvalue weighted by atomic mass is 16.5. The number of aliphatic carboxylic acids is 1. The number of anilines is 1. The highest BCUT2D eigenvalue weighted by Crippen LogP contribution is 2.42. The van der Waals surface area contributed by atoms with Crippen molar-refractivity contribution in [1.82, 2.24) is 9.55 Å². The Kier molecular flexibility index (Phi) is 6.23. The molecule has 3 aromatic rings. The molecule has 0 spiro atoms. The molecule has 0 saturated heterocycles. The SMILES string of the molecule is COC(=O)N1c2ccc3c(nc([C@@H](O)c4ccccc4)n3[C@H]3CCC[C@@H](C(=O)O)C3)c2CC[C@@H]1C. The number of carboxylic acid groups (broad SMARTS) is 1. The number of fused-ring (bicyclic) bond motifs is 3. The first kappa shape index (κ1) is 23.4. The van der Waals surface area contributed by atoms with Crippen LogP contribution >= 0.6 is 0 Å². The Balaban J connectivity index is 1.69. The van der Waals surface area contributed by atoms with Gasteiger partial charge in [-0.2, -0.15) is 0 Å². The van der Waals surface area contributed by atoms with Crippen LogP contribution in [0.1, 0.15) is 68.1 Å². The predicted octanol–water partition coefficient (Wildman–Crippen LogP) is 4.84. The first-order valence-electron chi connectivity index (χ1n) is 12.3. The number of aromatic nitrogens is 2. The van der Waals surface area contributed by atoms with Crippen molar-refractivity contribution in [2.75, 3.05) is 12.0 Å². The second kappa shape index (κ2) is 9.34. The van der Waals surface area contributed by atoms with Crippen molar-refractivity contribution < 1.29 is 24.5 Å². The number of hydrogen-bond donors (Lipinski definition) is 2. The summed E-state index contributed by atoms with van der Waals surface area (Å²) >= 11 is 0.